The number of aryl methyl sites for hydroxylation is 1. The van der Waals surface area contributed by atoms with E-state index in [9.17, 15) is 8.78 Å². The van der Waals surface area contributed by atoms with E-state index in [-0.39, 0.29) is 0 Å². The maximum Gasteiger partial charge on any atom is 0.126 e. The molecule has 2 aromatic carbocycles. The van der Waals surface area contributed by atoms with Crippen LogP contribution in [0.15, 0.2) is 60.8 Å². The van der Waals surface area contributed by atoms with Crippen LogP contribution in [0.5, 0.6) is 0 Å². The van der Waals surface area contributed by atoms with Gasteiger partial charge in [-0.05, 0) is 36.2 Å². The Morgan fingerprint density at radius 2 is 1.48 bits per heavy atom. The largest absolute Gasteiger partial charge is 0.256 e. The van der Waals surface area contributed by atoms with Crippen LogP contribution in [0.4, 0.5) is 8.78 Å². The van der Waals surface area contributed by atoms with Crippen LogP contribution in [0, 0.1) is 18.6 Å². The molecule has 0 aliphatic rings. The summed E-state index contributed by atoms with van der Waals surface area (Å²) in [5.74, 6) is -1.20. The van der Waals surface area contributed by atoms with Gasteiger partial charge in [0.2, 0.25) is 0 Å². The third kappa shape index (κ3) is 2.82. The maximum atomic E-state index is 13.3. The van der Waals surface area contributed by atoms with Gasteiger partial charge in [-0.2, -0.15) is 0 Å². The van der Waals surface area contributed by atoms with Crippen LogP contribution in [0.3, 0.4) is 0 Å². The Bertz CT molecular complexity index is 762. The van der Waals surface area contributed by atoms with Crippen molar-refractivity contribution in [2.45, 2.75) is 6.92 Å². The molecule has 1 heterocycles. The fourth-order valence-electron chi connectivity index (χ4n) is 2.34. The molecule has 3 rings (SSSR count). The number of halogens is 2. The summed E-state index contributed by atoms with van der Waals surface area (Å²) in [6, 6.07) is 15.2. The summed E-state index contributed by atoms with van der Waals surface area (Å²) in [7, 11) is 0. The lowest BCUT2D eigenvalue weighted by Crippen LogP contribution is -1.91. The summed E-state index contributed by atoms with van der Waals surface area (Å²) < 4.78 is 26.6. The molecule has 0 radical (unpaired) electrons. The lowest BCUT2D eigenvalue weighted by molar-refractivity contribution is 0.584. The summed E-state index contributed by atoms with van der Waals surface area (Å²) in [5.41, 5.74) is 4.09. The zero-order chi connectivity index (χ0) is 14.8. The Hall–Kier alpha value is -2.55. The van der Waals surface area contributed by atoms with Crippen molar-refractivity contribution in [3.8, 4) is 22.4 Å². The Morgan fingerprint density at radius 3 is 2.10 bits per heavy atom. The zero-order valence-electron chi connectivity index (χ0n) is 11.5. The lowest BCUT2D eigenvalue weighted by atomic mass is 10.0. The van der Waals surface area contributed by atoms with E-state index in [0.717, 1.165) is 22.8 Å². The van der Waals surface area contributed by atoms with E-state index >= 15 is 0 Å². The third-order valence-electron chi connectivity index (χ3n) is 3.35. The van der Waals surface area contributed by atoms with E-state index in [1.54, 1.807) is 6.20 Å². The first-order chi connectivity index (χ1) is 10.1. The number of pyridine rings is 1. The SMILES string of the molecule is Cc1cc(-c2cc(F)cc(F)c2)ncc1-c1ccccc1. The topological polar surface area (TPSA) is 12.9 Å². The van der Waals surface area contributed by atoms with Crippen molar-refractivity contribution in [1.82, 2.24) is 4.98 Å². The third-order valence-corrected chi connectivity index (χ3v) is 3.35. The molecule has 0 bridgehead atoms. The van der Waals surface area contributed by atoms with E-state index in [4.69, 9.17) is 0 Å². The molecule has 0 fully saturated rings. The first kappa shape index (κ1) is 13.4. The summed E-state index contributed by atoms with van der Waals surface area (Å²) in [6.07, 6.45) is 1.74. The summed E-state index contributed by atoms with van der Waals surface area (Å²) >= 11 is 0. The molecule has 3 aromatic rings. The molecule has 0 N–H and O–H groups in total. The van der Waals surface area contributed by atoms with E-state index in [1.165, 1.54) is 12.1 Å². The number of nitrogens with zero attached hydrogens (tertiary/aromatic N) is 1. The minimum Gasteiger partial charge on any atom is -0.256 e. The van der Waals surface area contributed by atoms with Crippen molar-refractivity contribution in [2.24, 2.45) is 0 Å². The highest BCUT2D eigenvalue weighted by molar-refractivity contribution is 5.70. The monoisotopic (exact) mass is 281 g/mol. The molecule has 0 unspecified atom stereocenters. The minimum atomic E-state index is -0.600. The van der Waals surface area contributed by atoms with Gasteiger partial charge >= 0.3 is 0 Å². The number of benzene rings is 2. The second-order valence-electron chi connectivity index (χ2n) is 4.91. The molecule has 1 nitrogen and oxygen atoms in total. The molecule has 3 heteroatoms. The van der Waals surface area contributed by atoms with Gasteiger partial charge in [0.1, 0.15) is 11.6 Å². The predicted octanol–water partition coefficient (Wildman–Crippen LogP) is 5.00. The standard InChI is InChI=1S/C18H13F2N/c1-12-7-18(14-8-15(19)10-16(20)9-14)21-11-17(12)13-5-3-2-4-6-13/h2-11H,1H3. The molecular weight excluding hydrogens is 268 g/mol. The number of aromatic nitrogens is 1. The van der Waals surface area contributed by atoms with Crippen LogP contribution in [-0.4, -0.2) is 4.98 Å². The Morgan fingerprint density at radius 1 is 0.810 bits per heavy atom. The van der Waals surface area contributed by atoms with Crippen molar-refractivity contribution >= 4 is 0 Å². The van der Waals surface area contributed by atoms with Crippen LogP contribution in [0.25, 0.3) is 22.4 Å². The van der Waals surface area contributed by atoms with Crippen LogP contribution >= 0.6 is 0 Å². The van der Waals surface area contributed by atoms with Crippen molar-refractivity contribution < 1.29 is 8.78 Å². The summed E-state index contributed by atoms with van der Waals surface area (Å²) in [4.78, 5) is 4.34. The van der Waals surface area contributed by atoms with Crippen molar-refractivity contribution in [2.75, 3.05) is 0 Å². The predicted molar refractivity (Wildman–Crippen MR) is 79.8 cm³/mol. The van der Waals surface area contributed by atoms with E-state index < -0.39 is 11.6 Å². The molecule has 0 saturated heterocycles. The fourth-order valence-corrected chi connectivity index (χ4v) is 2.34. The molecule has 0 saturated carbocycles. The average Bonchev–Trinajstić information content (AvgIpc) is 2.47. The molecule has 1 aromatic heterocycles. The van der Waals surface area contributed by atoms with Crippen molar-refractivity contribution in [1.29, 1.82) is 0 Å². The van der Waals surface area contributed by atoms with Gasteiger partial charge in [-0.3, -0.25) is 4.98 Å². The van der Waals surface area contributed by atoms with E-state index in [2.05, 4.69) is 4.98 Å². The van der Waals surface area contributed by atoms with Gasteiger partial charge in [0, 0.05) is 23.4 Å². The number of hydrogen-bond donors (Lipinski definition) is 0. The van der Waals surface area contributed by atoms with Gasteiger partial charge in [0.25, 0.3) is 0 Å². The van der Waals surface area contributed by atoms with E-state index in [1.807, 2.05) is 43.3 Å². The maximum absolute atomic E-state index is 13.3. The lowest BCUT2D eigenvalue weighted by Gasteiger charge is -2.08. The first-order valence-corrected chi connectivity index (χ1v) is 6.62. The highest BCUT2D eigenvalue weighted by Gasteiger charge is 2.08. The quantitative estimate of drug-likeness (QED) is 0.644. The van der Waals surface area contributed by atoms with Crippen LogP contribution in [-0.2, 0) is 0 Å². The van der Waals surface area contributed by atoms with Crippen molar-refractivity contribution in [3.05, 3.63) is 78.0 Å². The van der Waals surface area contributed by atoms with Crippen molar-refractivity contribution in [3.63, 3.8) is 0 Å². The summed E-state index contributed by atoms with van der Waals surface area (Å²) in [6.45, 7) is 1.96. The first-order valence-electron chi connectivity index (χ1n) is 6.62. The fraction of sp³-hybridized carbons (Fsp3) is 0.0556. The molecule has 0 amide bonds. The molecule has 0 atom stereocenters. The van der Waals surface area contributed by atoms with Crippen LogP contribution < -0.4 is 0 Å². The Balaban J connectivity index is 2.05. The van der Waals surface area contributed by atoms with Gasteiger partial charge in [-0.1, -0.05) is 30.3 Å². The van der Waals surface area contributed by atoms with Gasteiger partial charge in [-0.25, -0.2) is 8.78 Å². The van der Waals surface area contributed by atoms with E-state index in [0.29, 0.717) is 11.3 Å². The zero-order valence-corrected chi connectivity index (χ0v) is 11.5. The highest BCUT2D eigenvalue weighted by Crippen LogP contribution is 2.27. The molecule has 0 aliphatic heterocycles. The second-order valence-corrected chi connectivity index (χ2v) is 4.91. The van der Waals surface area contributed by atoms with Gasteiger partial charge in [-0.15, -0.1) is 0 Å². The summed E-state index contributed by atoms with van der Waals surface area (Å²) in [5, 5.41) is 0. The van der Waals surface area contributed by atoms with Gasteiger partial charge < -0.3 is 0 Å². The Labute approximate surface area is 121 Å². The highest BCUT2D eigenvalue weighted by atomic mass is 19.1. The molecule has 0 spiro atoms. The number of hydrogen-bond acceptors (Lipinski definition) is 1. The average molecular weight is 281 g/mol. The van der Waals surface area contributed by atoms with Gasteiger partial charge in [0.15, 0.2) is 0 Å². The second kappa shape index (κ2) is 5.44. The Kier molecular flexibility index (Phi) is 3.48. The molecule has 21 heavy (non-hydrogen) atoms. The van der Waals surface area contributed by atoms with Gasteiger partial charge in [0.05, 0.1) is 5.69 Å². The number of rotatable bonds is 2. The van der Waals surface area contributed by atoms with Crippen LogP contribution in [0.1, 0.15) is 5.56 Å². The minimum absolute atomic E-state index is 0.440. The van der Waals surface area contributed by atoms with Crippen LogP contribution in [0.2, 0.25) is 0 Å². The molecule has 0 aliphatic carbocycles. The normalized spacial score (nSPS) is 10.6. The molecular formula is C18H13F2N. The molecule has 104 valence electrons. The smallest absolute Gasteiger partial charge is 0.126 e.